The van der Waals surface area contributed by atoms with Crippen molar-refractivity contribution in [2.45, 2.75) is 26.0 Å². The van der Waals surface area contributed by atoms with Crippen molar-refractivity contribution in [2.75, 3.05) is 0 Å². The minimum absolute atomic E-state index is 0.215. The molecule has 25 heavy (non-hydrogen) atoms. The van der Waals surface area contributed by atoms with Gasteiger partial charge in [0, 0.05) is 12.1 Å². The SMILES string of the molecule is O=C(OCc1ccccc1)c1c(-c2ccc(F)cc2)nn2c1CCC2. The van der Waals surface area contributed by atoms with Crippen molar-refractivity contribution < 1.29 is 13.9 Å². The van der Waals surface area contributed by atoms with E-state index in [1.54, 1.807) is 12.1 Å². The van der Waals surface area contributed by atoms with Crippen LogP contribution in [0, 0.1) is 5.82 Å². The Morgan fingerprint density at radius 3 is 2.64 bits per heavy atom. The molecule has 0 N–H and O–H groups in total. The molecule has 0 fully saturated rings. The highest BCUT2D eigenvalue weighted by Crippen LogP contribution is 2.30. The van der Waals surface area contributed by atoms with E-state index in [9.17, 15) is 9.18 Å². The minimum atomic E-state index is -0.383. The molecule has 0 spiro atoms. The first-order valence-electron chi connectivity index (χ1n) is 8.29. The molecule has 3 aromatic rings. The standard InChI is InChI=1S/C20H17FN2O2/c21-16-10-8-15(9-11-16)19-18(17-7-4-12-23(17)22-19)20(24)25-13-14-5-2-1-3-6-14/h1-3,5-6,8-11H,4,7,12-13H2. The predicted molar refractivity (Wildman–Crippen MR) is 91.5 cm³/mol. The zero-order chi connectivity index (χ0) is 17.2. The van der Waals surface area contributed by atoms with Crippen molar-refractivity contribution in [2.24, 2.45) is 0 Å². The summed E-state index contributed by atoms with van der Waals surface area (Å²) < 4.78 is 20.6. The molecule has 0 unspecified atom stereocenters. The van der Waals surface area contributed by atoms with Crippen molar-refractivity contribution in [3.05, 3.63) is 77.2 Å². The maximum Gasteiger partial charge on any atom is 0.342 e. The van der Waals surface area contributed by atoms with E-state index in [1.807, 2.05) is 35.0 Å². The van der Waals surface area contributed by atoms with Crippen LogP contribution in [-0.2, 0) is 24.3 Å². The van der Waals surface area contributed by atoms with E-state index < -0.39 is 0 Å². The summed E-state index contributed by atoms with van der Waals surface area (Å²) in [6.45, 7) is 1.00. The van der Waals surface area contributed by atoms with Crippen molar-refractivity contribution in [1.82, 2.24) is 9.78 Å². The maximum absolute atomic E-state index is 13.2. The Hall–Kier alpha value is -2.95. The summed E-state index contributed by atoms with van der Waals surface area (Å²) in [4.78, 5) is 12.8. The third kappa shape index (κ3) is 3.05. The topological polar surface area (TPSA) is 44.1 Å². The molecule has 4 rings (SSSR count). The van der Waals surface area contributed by atoms with Gasteiger partial charge in [0.15, 0.2) is 0 Å². The number of aromatic nitrogens is 2. The van der Waals surface area contributed by atoms with Crippen molar-refractivity contribution in [1.29, 1.82) is 0 Å². The van der Waals surface area contributed by atoms with E-state index in [-0.39, 0.29) is 18.4 Å². The molecule has 0 bridgehead atoms. The highest BCUT2D eigenvalue weighted by atomic mass is 19.1. The first-order chi connectivity index (χ1) is 12.2. The Morgan fingerprint density at radius 2 is 1.88 bits per heavy atom. The molecule has 1 aliphatic heterocycles. The number of rotatable bonds is 4. The Labute approximate surface area is 144 Å². The highest BCUT2D eigenvalue weighted by molar-refractivity contribution is 5.97. The first kappa shape index (κ1) is 15.6. The molecule has 0 atom stereocenters. The van der Waals surface area contributed by atoms with Crippen LogP contribution in [-0.4, -0.2) is 15.7 Å². The average molecular weight is 336 g/mol. The molecule has 2 aromatic carbocycles. The number of benzene rings is 2. The third-order valence-electron chi connectivity index (χ3n) is 4.38. The number of fused-ring (bicyclic) bond motifs is 1. The number of halogens is 1. The van der Waals surface area contributed by atoms with Gasteiger partial charge in [-0.15, -0.1) is 0 Å². The van der Waals surface area contributed by atoms with Gasteiger partial charge < -0.3 is 4.74 Å². The van der Waals surface area contributed by atoms with Gasteiger partial charge in [-0.1, -0.05) is 30.3 Å². The number of esters is 1. The lowest BCUT2D eigenvalue weighted by atomic mass is 10.0. The van der Waals surface area contributed by atoms with Crippen LogP contribution >= 0.6 is 0 Å². The number of nitrogens with zero attached hydrogens (tertiary/aromatic N) is 2. The van der Waals surface area contributed by atoms with Crippen molar-refractivity contribution in [3.8, 4) is 11.3 Å². The second-order valence-corrected chi connectivity index (χ2v) is 6.07. The van der Waals surface area contributed by atoms with Gasteiger partial charge in [0.25, 0.3) is 0 Å². The number of hydrogen-bond donors (Lipinski definition) is 0. The molecule has 0 amide bonds. The molecule has 0 saturated heterocycles. The Morgan fingerprint density at radius 1 is 1.12 bits per heavy atom. The summed E-state index contributed by atoms with van der Waals surface area (Å²) in [6.07, 6.45) is 1.76. The summed E-state index contributed by atoms with van der Waals surface area (Å²) in [6, 6.07) is 15.6. The number of ether oxygens (including phenoxy) is 1. The summed E-state index contributed by atoms with van der Waals surface area (Å²) in [5, 5.41) is 4.56. The van der Waals surface area contributed by atoms with Gasteiger partial charge in [-0.25, -0.2) is 9.18 Å². The molecular weight excluding hydrogens is 319 g/mol. The smallest absolute Gasteiger partial charge is 0.342 e. The van der Waals surface area contributed by atoms with Gasteiger partial charge in [0.1, 0.15) is 23.7 Å². The Bertz CT molecular complexity index is 901. The third-order valence-corrected chi connectivity index (χ3v) is 4.38. The Kier molecular flexibility index (Phi) is 4.06. The van der Waals surface area contributed by atoms with E-state index in [0.717, 1.165) is 36.2 Å². The van der Waals surface area contributed by atoms with E-state index in [1.165, 1.54) is 12.1 Å². The number of aryl methyl sites for hydroxylation is 1. The second-order valence-electron chi connectivity index (χ2n) is 6.07. The highest BCUT2D eigenvalue weighted by Gasteiger charge is 2.28. The fourth-order valence-electron chi connectivity index (χ4n) is 3.15. The summed E-state index contributed by atoms with van der Waals surface area (Å²) >= 11 is 0. The van der Waals surface area contributed by atoms with Gasteiger partial charge in [-0.3, -0.25) is 4.68 Å². The molecule has 0 saturated carbocycles. The van der Waals surface area contributed by atoms with Gasteiger partial charge in [-0.05, 0) is 42.7 Å². The predicted octanol–water partition coefficient (Wildman–Crippen LogP) is 3.99. The molecule has 4 nitrogen and oxygen atoms in total. The summed E-state index contributed by atoms with van der Waals surface area (Å²) in [5.74, 6) is -0.699. The molecule has 0 aliphatic carbocycles. The lowest BCUT2D eigenvalue weighted by molar-refractivity contribution is 0.0472. The van der Waals surface area contributed by atoms with Gasteiger partial charge in [0.2, 0.25) is 0 Å². The van der Waals surface area contributed by atoms with Gasteiger partial charge >= 0.3 is 5.97 Å². The number of hydrogen-bond acceptors (Lipinski definition) is 3. The molecule has 126 valence electrons. The zero-order valence-electron chi connectivity index (χ0n) is 13.6. The van der Waals surface area contributed by atoms with Crippen LogP contribution in [0.3, 0.4) is 0 Å². The Balaban J connectivity index is 1.65. The second kappa shape index (κ2) is 6.51. The molecule has 2 heterocycles. The number of carbonyl (C=O) groups is 1. The molecule has 0 radical (unpaired) electrons. The molecular formula is C20H17FN2O2. The fourth-order valence-corrected chi connectivity index (χ4v) is 3.15. The quantitative estimate of drug-likeness (QED) is 0.677. The van der Waals surface area contributed by atoms with Crippen LogP contribution in [0.15, 0.2) is 54.6 Å². The normalized spacial score (nSPS) is 12.8. The van der Waals surface area contributed by atoms with Crippen LogP contribution < -0.4 is 0 Å². The van der Waals surface area contributed by atoms with Crippen LogP contribution in [0.5, 0.6) is 0 Å². The van der Waals surface area contributed by atoms with Crippen LogP contribution in [0.1, 0.15) is 28.0 Å². The lowest BCUT2D eigenvalue weighted by Crippen LogP contribution is -2.08. The first-order valence-corrected chi connectivity index (χ1v) is 8.29. The van der Waals surface area contributed by atoms with Crippen LogP contribution in [0.25, 0.3) is 11.3 Å². The fraction of sp³-hybridized carbons (Fsp3) is 0.200. The summed E-state index contributed by atoms with van der Waals surface area (Å²) in [5.41, 5.74) is 3.61. The minimum Gasteiger partial charge on any atom is -0.457 e. The van der Waals surface area contributed by atoms with Crippen molar-refractivity contribution >= 4 is 5.97 Å². The van der Waals surface area contributed by atoms with E-state index in [0.29, 0.717) is 11.3 Å². The van der Waals surface area contributed by atoms with Crippen LogP contribution in [0.4, 0.5) is 4.39 Å². The lowest BCUT2D eigenvalue weighted by Gasteiger charge is -2.07. The molecule has 1 aliphatic rings. The molecule has 5 heteroatoms. The summed E-state index contributed by atoms with van der Waals surface area (Å²) in [7, 11) is 0. The van der Waals surface area contributed by atoms with E-state index in [2.05, 4.69) is 5.10 Å². The van der Waals surface area contributed by atoms with E-state index >= 15 is 0 Å². The van der Waals surface area contributed by atoms with E-state index in [4.69, 9.17) is 4.74 Å². The monoisotopic (exact) mass is 336 g/mol. The van der Waals surface area contributed by atoms with Crippen LogP contribution in [0.2, 0.25) is 0 Å². The van der Waals surface area contributed by atoms with Gasteiger partial charge in [0.05, 0.1) is 5.69 Å². The molecule has 1 aromatic heterocycles. The zero-order valence-corrected chi connectivity index (χ0v) is 13.6. The number of carbonyl (C=O) groups excluding carboxylic acids is 1. The maximum atomic E-state index is 13.2. The average Bonchev–Trinajstić information content (AvgIpc) is 3.22. The van der Waals surface area contributed by atoms with Gasteiger partial charge in [-0.2, -0.15) is 5.10 Å². The van der Waals surface area contributed by atoms with Crippen molar-refractivity contribution in [3.63, 3.8) is 0 Å². The largest absolute Gasteiger partial charge is 0.457 e.